The van der Waals surface area contributed by atoms with Crippen molar-refractivity contribution in [2.45, 2.75) is 60.5 Å². The molecule has 0 saturated carbocycles. The number of hydrogen-bond acceptors (Lipinski definition) is 6. The molecule has 0 aliphatic carbocycles. The van der Waals surface area contributed by atoms with Crippen LogP contribution in [0.25, 0.3) is 0 Å². The number of carboxylic acid groups (broad SMARTS) is 1. The van der Waals surface area contributed by atoms with E-state index < -0.39 is 11.6 Å². The first-order valence-corrected chi connectivity index (χ1v) is 10.4. The van der Waals surface area contributed by atoms with E-state index in [0.29, 0.717) is 38.4 Å². The maximum absolute atomic E-state index is 12.2. The summed E-state index contributed by atoms with van der Waals surface area (Å²) >= 11 is 5.88. The van der Waals surface area contributed by atoms with E-state index >= 15 is 0 Å². The number of aromatic nitrogens is 2. The van der Waals surface area contributed by atoms with Gasteiger partial charge in [-0.25, -0.2) is 19.6 Å². The molecule has 0 bridgehead atoms. The van der Waals surface area contributed by atoms with Gasteiger partial charge in [-0.05, 0) is 27.2 Å². The molecule has 2 rings (SSSR count). The highest BCUT2D eigenvalue weighted by Gasteiger charge is 2.25. The van der Waals surface area contributed by atoms with E-state index in [1.807, 2.05) is 53.4 Å². The molecule has 0 radical (unpaired) electrons. The molecule has 170 valence electrons. The van der Waals surface area contributed by atoms with Crippen LogP contribution in [0.4, 0.5) is 10.6 Å². The van der Waals surface area contributed by atoms with Crippen molar-refractivity contribution in [3.63, 3.8) is 0 Å². The lowest BCUT2D eigenvalue weighted by Crippen LogP contribution is -2.39. The molecule has 1 aliphatic rings. The summed E-state index contributed by atoms with van der Waals surface area (Å²) in [4.78, 5) is 34.5. The van der Waals surface area contributed by atoms with Crippen molar-refractivity contribution in [1.82, 2.24) is 14.9 Å². The third-order valence-corrected chi connectivity index (χ3v) is 3.54. The molecule has 0 unspecified atom stereocenters. The molecule has 1 amide bonds. The van der Waals surface area contributed by atoms with Crippen LogP contribution in [0.1, 0.15) is 65.5 Å². The van der Waals surface area contributed by atoms with Gasteiger partial charge in [0.2, 0.25) is 5.82 Å². The molecule has 30 heavy (non-hydrogen) atoms. The van der Waals surface area contributed by atoms with Crippen molar-refractivity contribution >= 4 is 29.5 Å². The average molecular weight is 443 g/mol. The van der Waals surface area contributed by atoms with Crippen molar-refractivity contribution in [3.8, 4) is 12.8 Å². The van der Waals surface area contributed by atoms with E-state index in [2.05, 4.69) is 22.8 Å². The monoisotopic (exact) mass is 442 g/mol. The zero-order valence-corrected chi connectivity index (χ0v) is 19.9. The van der Waals surface area contributed by atoms with Crippen molar-refractivity contribution in [2.75, 3.05) is 31.1 Å². The van der Waals surface area contributed by atoms with Gasteiger partial charge in [0.15, 0.2) is 0 Å². The summed E-state index contributed by atoms with van der Waals surface area (Å²) in [6.07, 6.45) is 8.36. The lowest BCUT2D eigenvalue weighted by Gasteiger charge is -2.26. The highest BCUT2D eigenvalue weighted by atomic mass is 35.5. The Kier molecular flexibility index (Phi) is 15.2. The number of carbonyl (C=O) groups is 2. The van der Waals surface area contributed by atoms with E-state index in [1.54, 1.807) is 4.90 Å². The van der Waals surface area contributed by atoms with E-state index in [-0.39, 0.29) is 17.1 Å². The maximum Gasteiger partial charge on any atom is 0.410 e. The Labute approximate surface area is 185 Å². The number of rotatable bonds is 2. The van der Waals surface area contributed by atoms with Gasteiger partial charge in [-0.3, -0.25) is 0 Å². The van der Waals surface area contributed by atoms with Crippen LogP contribution in [0.3, 0.4) is 0 Å². The number of terminal acetylenes is 1. The van der Waals surface area contributed by atoms with Gasteiger partial charge >= 0.3 is 12.1 Å². The summed E-state index contributed by atoms with van der Waals surface area (Å²) in [5.74, 6) is -1.13. The number of carbonyl (C=O) groups excluding carboxylic acids is 1. The number of amides is 1. The standard InChI is InChI=1S/C15H21ClN4O4.2C2H6.C2H2/c1-15(2,3)24-14(23)20-6-4-5-19(7-8-20)11-9-10(16)17-12(18-11)13(21)22;3*1-2/h9H,4-8H2,1-3H3,(H,21,22);2*1-2H3;1-2H. The van der Waals surface area contributed by atoms with Gasteiger partial charge in [-0.15, -0.1) is 12.8 Å². The molecule has 8 nitrogen and oxygen atoms in total. The van der Waals surface area contributed by atoms with Crippen LogP contribution in [0.5, 0.6) is 0 Å². The Morgan fingerprint density at radius 1 is 1.07 bits per heavy atom. The summed E-state index contributed by atoms with van der Waals surface area (Å²) < 4.78 is 5.39. The van der Waals surface area contributed by atoms with E-state index in [9.17, 15) is 9.59 Å². The minimum absolute atomic E-state index is 0.0747. The molecule has 9 heteroatoms. The first-order valence-electron chi connectivity index (χ1n) is 10.00. The predicted octanol–water partition coefficient (Wildman–Crippen LogP) is 4.58. The first-order chi connectivity index (χ1) is 14.2. The minimum Gasteiger partial charge on any atom is -0.475 e. The molecule has 2 heterocycles. The van der Waals surface area contributed by atoms with Gasteiger partial charge in [0.25, 0.3) is 0 Å². The smallest absolute Gasteiger partial charge is 0.410 e. The molecular weight excluding hydrogens is 408 g/mol. The van der Waals surface area contributed by atoms with E-state index in [0.717, 1.165) is 0 Å². The van der Waals surface area contributed by atoms with Gasteiger partial charge in [0, 0.05) is 32.2 Å². The van der Waals surface area contributed by atoms with Crippen molar-refractivity contribution in [2.24, 2.45) is 0 Å². The number of hydrogen-bond donors (Lipinski definition) is 1. The quantitative estimate of drug-likeness (QED) is 0.529. The second-order valence-electron chi connectivity index (χ2n) is 6.49. The summed E-state index contributed by atoms with van der Waals surface area (Å²) in [5, 5.41) is 9.11. The highest BCUT2D eigenvalue weighted by Crippen LogP contribution is 2.19. The van der Waals surface area contributed by atoms with Crippen LogP contribution >= 0.6 is 11.6 Å². The number of halogens is 1. The number of ether oxygens (including phenoxy) is 1. The number of carboxylic acids is 1. The Bertz CT molecular complexity index is 675. The van der Waals surface area contributed by atoms with Crippen molar-refractivity contribution in [1.29, 1.82) is 0 Å². The number of aromatic carboxylic acids is 1. The zero-order valence-electron chi connectivity index (χ0n) is 19.1. The minimum atomic E-state index is -1.23. The van der Waals surface area contributed by atoms with Crippen LogP contribution in [0, 0.1) is 12.8 Å². The summed E-state index contributed by atoms with van der Waals surface area (Å²) in [6.45, 7) is 15.6. The van der Waals surface area contributed by atoms with Crippen LogP contribution in [0.15, 0.2) is 6.07 Å². The molecule has 1 N–H and O–H groups in total. The SMILES string of the molecule is C#C.CC.CC.CC(C)(C)OC(=O)N1CCCN(c2cc(Cl)nc(C(=O)O)n2)CC1. The molecule has 1 aromatic rings. The fraction of sp³-hybridized carbons (Fsp3) is 0.619. The number of nitrogens with zero attached hydrogens (tertiary/aromatic N) is 4. The van der Waals surface area contributed by atoms with Gasteiger partial charge in [-0.1, -0.05) is 39.3 Å². The van der Waals surface area contributed by atoms with Crippen molar-refractivity contribution in [3.05, 3.63) is 17.0 Å². The summed E-state index contributed by atoms with van der Waals surface area (Å²) in [5.41, 5.74) is -0.542. The molecule has 1 aliphatic heterocycles. The lowest BCUT2D eigenvalue weighted by molar-refractivity contribution is 0.0263. The molecule has 1 aromatic heterocycles. The summed E-state index contributed by atoms with van der Waals surface area (Å²) in [7, 11) is 0. The van der Waals surface area contributed by atoms with Crippen LogP contribution < -0.4 is 4.90 Å². The van der Waals surface area contributed by atoms with E-state index in [1.165, 1.54) is 6.07 Å². The Morgan fingerprint density at radius 3 is 2.13 bits per heavy atom. The van der Waals surface area contributed by atoms with Crippen LogP contribution in [-0.4, -0.2) is 63.8 Å². The van der Waals surface area contributed by atoms with Gasteiger partial charge in [0.1, 0.15) is 16.6 Å². The van der Waals surface area contributed by atoms with E-state index in [4.69, 9.17) is 21.4 Å². The van der Waals surface area contributed by atoms with Crippen LogP contribution in [-0.2, 0) is 4.74 Å². The average Bonchev–Trinajstić information content (AvgIpc) is 2.97. The fourth-order valence-corrected chi connectivity index (χ4v) is 2.50. The first kappa shape index (κ1) is 29.7. The lowest BCUT2D eigenvalue weighted by atomic mass is 10.2. The molecule has 0 spiro atoms. The number of anilines is 1. The molecule has 1 fully saturated rings. The molecular formula is C21H35ClN4O4. The van der Waals surface area contributed by atoms with Gasteiger partial charge < -0.3 is 19.6 Å². The molecule has 0 atom stereocenters. The highest BCUT2D eigenvalue weighted by molar-refractivity contribution is 6.29. The summed E-state index contributed by atoms with van der Waals surface area (Å²) in [6, 6.07) is 1.52. The van der Waals surface area contributed by atoms with Crippen LogP contribution in [0.2, 0.25) is 5.15 Å². The van der Waals surface area contributed by atoms with Gasteiger partial charge in [-0.2, -0.15) is 0 Å². The zero-order chi connectivity index (χ0) is 23.9. The third-order valence-electron chi connectivity index (χ3n) is 3.34. The second kappa shape index (κ2) is 15.3. The Balaban J connectivity index is 0. The third kappa shape index (κ3) is 10.9. The Hall–Kier alpha value is -2.53. The van der Waals surface area contributed by atoms with Gasteiger partial charge in [0.05, 0.1) is 0 Å². The van der Waals surface area contributed by atoms with Crippen molar-refractivity contribution < 1.29 is 19.4 Å². The predicted molar refractivity (Wildman–Crippen MR) is 121 cm³/mol. The molecule has 1 saturated heterocycles. The topological polar surface area (TPSA) is 95.9 Å². The fourth-order valence-electron chi connectivity index (χ4n) is 2.32. The Morgan fingerprint density at radius 2 is 1.63 bits per heavy atom. The maximum atomic E-state index is 12.2. The molecule has 0 aromatic carbocycles. The normalized spacial score (nSPS) is 13.1. The second-order valence-corrected chi connectivity index (χ2v) is 6.87. The largest absolute Gasteiger partial charge is 0.475 e.